The van der Waals surface area contributed by atoms with Gasteiger partial charge in [-0.3, -0.25) is 0 Å². The van der Waals surface area contributed by atoms with Gasteiger partial charge >= 0.3 is 5.97 Å². The Morgan fingerprint density at radius 1 is 1.37 bits per heavy atom. The van der Waals surface area contributed by atoms with E-state index in [9.17, 15) is 9.90 Å². The normalized spacial score (nSPS) is 17.2. The van der Waals surface area contributed by atoms with Gasteiger partial charge < -0.3 is 9.84 Å². The molecule has 0 atom stereocenters. The van der Waals surface area contributed by atoms with Crippen LogP contribution in [0.15, 0.2) is 18.3 Å². The van der Waals surface area contributed by atoms with Crippen molar-refractivity contribution >= 4 is 5.97 Å². The van der Waals surface area contributed by atoms with E-state index in [1.54, 1.807) is 12.1 Å². The number of nitrogens with zero attached hydrogens (tertiary/aromatic N) is 1. The summed E-state index contributed by atoms with van der Waals surface area (Å²) in [6.07, 6.45) is 6.07. The van der Waals surface area contributed by atoms with Crippen molar-refractivity contribution in [2.45, 2.75) is 37.7 Å². The standard InChI is InChI=1S/C15H17NO3/c1-19-14(17)12-5-6-13(16-11-12)7-10-15(18)8-3-2-4-9-15/h5-6,11,18H,2-4,8-9H2,1H3. The molecule has 100 valence electrons. The predicted octanol–water partition coefficient (Wildman–Crippen LogP) is 1.91. The molecule has 0 spiro atoms. The summed E-state index contributed by atoms with van der Waals surface area (Å²) >= 11 is 0. The van der Waals surface area contributed by atoms with Gasteiger partial charge in [-0.05, 0) is 43.7 Å². The highest BCUT2D eigenvalue weighted by molar-refractivity contribution is 5.88. The topological polar surface area (TPSA) is 59.4 Å². The quantitative estimate of drug-likeness (QED) is 0.618. The Bertz CT molecular complexity index is 504. The van der Waals surface area contributed by atoms with E-state index in [2.05, 4.69) is 21.6 Å². The zero-order valence-electron chi connectivity index (χ0n) is 11.0. The first-order valence-corrected chi connectivity index (χ1v) is 6.43. The van der Waals surface area contributed by atoms with Crippen molar-refractivity contribution in [1.82, 2.24) is 4.98 Å². The minimum absolute atomic E-state index is 0.393. The van der Waals surface area contributed by atoms with E-state index < -0.39 is 11.6 Å². The number of carbonyl (C=O) groups is 1. The van der Waals surface area contributed by atoms with Crippen molar-refractivity contribution in [3.63, 3.8) is 0 Å². The molecule has 1 aromatic heterocycles. The second kappa shape index (κ2) is 5.85. The van der Waals surface area contributed by atoms with Crippen molar-refractivity contribution in [2.24, 2.45) is 0 Å². The van der Waals surface area contributed by atoms with Crippen molar-refractivity contribution in [3.05, 3.63) is 29.6 Å². The molecule has 0 aliphatic heterocycles. The maximum absolute atomic E-state index is 11.2. The SMILES string of the molecule is COC(=O)c1ccc(C#CC2(O)CCCCC2)nc1. The summed E-state index contributed by atoms with van der Waals surface area (Å²) in [6, 6.07) is 3.28. The van der Waals surface area contributed by atoms with Gasteiger partial charge in [-0.25, -0.2) is 9.78 Å². The third kappa shape index (κ3) is 3.55. The number of hydrogen-bond donors (Lipinski definition) is 1. The monoisotopic (exact) mass is 259 g/mol. The van der Waals surface area contributed by atoms with E-state index in [0.29, 0.717) is 11.3 Å². The molecule has 0 amide bonds. The number of aliphatic hydroxyl groups is 1. The van der Waals surface area contributed by atoms with Gasteiger partial charge in [0.1, 0.15) is 11.3 Å². The van der Waals surface area contributed by atoms with Gasteiger partial charge in [0.05, 0.1) is 12.7 Å². The summed E-state index contributed by atoms with van der Waals surface area (Å²) in [5, 5.41) is 10.2. The summed E-state index contributed by atoms with van der Waals surface area (Å²) in [4.78, 5) is 15.3. The average Bonchev–Trinajstić information content (AvgIpc) is 2.46. The second-order valence-corrected chi connectivity index (χ2v) is 4.77. The Balaban J connectivity index is 2.09. The number of methoxy groups -OCH3 is 1. The number of rotatable bonds is 1. The average molecular weight is 259 g/mol. The zero-order valence-corrected chi connectivity index (χ0v) is 11.0. The minimum atomic E-state index is -0.874. The van der Waals surface area contributed by atoms with Crippen molar-refractivity contribution in [2.75, 3.05) is 7.11 Å². The molecule has 1 saturated carbocycles. The second-order valence-electron chi connectivity index (χ2n) is 4.77. The molecule has 1 fully saturated rings. The molecule has 0 unspecified atom stereocenters. The highest BCUT2D eigenvalue weighted by Gasteiger charge is 2.26. The lowest BCUT2D eigenvalue weighted by Crippen LogP contribution is -2.29. The van der Waals surface area contributed by atoms with E-state index in [-0.39, 0.29) is 0 Å². The lowest BCUT2D eigenvalue weighted by Gasteiger charge is -2.26. The van der Waals surface area contributed by atoms with Gasteiger partial charge in [0.15, 0.2) is 0 Å². The predicted molar refractivity (Wildman–Crippen MR) is 70.5 cm³/mol. The van der Waals surface area contributed by atoms with Gasteiger partial charge in [-0.15, -0.1) is 0 Å². The highest BCUT2D eigenvalue weighted by atomic mass is 16.5. The van der Waals surface area contributed by atoms with Crippen LogP contribution in [0.4, 0.5) is 0 Å². The van der Waals surface area contributed by atoms with Gasteiger partial charge in [0.2, 0.25) is 0 Å². The van der Waals surface area contributed by atoms with Crippen LogP contribution in [0.5, 0.6) is 0 Å². The largest absolute Gasteiger partial charge is 0.465 e. The fourth-order valence-electron chi connectivity index (χ4n) is 2.15. The summed E-state index contributed by atoms with van der Waals surface area (Å²) in [7, 11) is 1.33. The van der Waals surface area contributed by atoms with Crippen LogP contribution in [0.3, 0.4) is 0 Å². The van der Waals surface area contributed by atoms with E-state index in [1.165, 1.54) is 13.3 Å². The molecule has 0 saturated heterocycles. The first-order valence-electron chi connectivity index (χ1n) is 6.43. The first kappa shape index (κ1) is 13.6. The number of aromatic nitrogens is 1. The van der Waals surface area contributed by atoms with Crippen molar-refractivity contribution in [1.29, 1.82) is 0 Å². The molecular formula is C15H17NO3. The third-order valence-electron chi connectivity index (χ3n) is 3.29. The molecule has 0 bridgehead atoms. The van der Waals surface area contributed by atoms with Crippen LogP contribution < -0.4 is 0 Å². The molecule has 1 N–H and O–H groups in total. The summed E-state index contributed by atoms with van der Waals surface area (Å²) in [6.45, 7) is 0. The van der Waals surface area contributed by atoms with Crippen molar-refractivity contribution < 1.29 is 14.6 Å². The molecule has 19 heavy (non-hydrogen) atoms. The summed E-state index contributed by atoms with van der Waals surface area (Å²) in [5.74, 6) is 5.36. The number of hydrogen-bond acceptors (Lipinski definition) is 4. The van der Waals surface area contributed by atoms with Gasteiger partial charge in [0.25, 0.3) is 0 Å². The fourth-order valence-corrected chi connectivity index (χ4v) is 2.15. The van der Waals surface area contributed by atoms with Crippen LogP contribution in [-0.4, -0.2) is 28.8 Å². The van der Waals surface area contributed by atoms with Crippen LogP contribution in [0, 0.1) is 11.8 Å². The molecule has 2 rings (SSSR count). The number of pyridine rings is 1. The maximum Gasteiger partial charge on any atom is 0.339 e. The molecule has 1 heterocycles. The Kier molecular flexibility index (Phi) is 4.18. The van der Waals surface area contributed by atoms with Gasteiger partial charge in [-0.1, -0.05) is 12.3 Å². The van der Waals surface area contributed by atoms with Crippen LogP contribution >= 0.6 is 0 Å². The molecule has 1 aliphatic carbocycles. The lowest BCUT2D eigenvalue weighted by atomic mass is 9.85. The van der Waals surface area contributed by atoms with Crippen LogP contribution in [-0.2, 0) is 4.74 Å². The van der Waals surface area contributed by atoms with E-state index in [1.807, 2.05) is 0 Å². The first-order chi connectivity index (χ1) is 9.13. The maximum atomic E-state index is 11.2. The van der Waals surface area contributed by atoms with Gasteiger partial charge in [-0.2, -0.15) is 0 Å². The molecular weight excluding hydrogens is 242 g/mol. The molecule has 4 heteroatoms. The molecule has 4 nitrogen and oxygen atoms in total. The van der Waals surface area contributed by atoms with E-state index >= 15 is 0 Å². The Morgan fingerprint density at radius 3 is 2.68 bits per heavy atom. The number of esters is 1. The Hall–Kier alpha value is -1.86. The van der Waals surface area contributed by atoms with E-state index in [0.717, 1.165) is 32.1 Å². The number of ether oxygens (including phenoxy) is 1. The smallest absolute Gasteiger partial charge is 0.339 e. The summed E-state index contributed by atoms with van der Waals surface area (Å²) in [5.41, 5.74) is 0.0668. The molecule has 0 radical (unpaired) electrons. The van der Waals surface area contributed by atoms with Crippen LogP contribution in [0.25, 0.3) is 0 Å². The molecule has 1 aromatic rings. The van der Waals surface area contributed by atoms with Gasteiger partial charge in [0, 0.05) is 6.20 Å². The van der Waals surface area contributed by atoms with Crippen LogP contribution in [0.1, 0.15) is 48.2 Å². The molecule has 1 aliphatic rings. The lowest BCUT2D eigenvalue weighted by molar-refractivity contribution is 0.0597. The van der Waals surface area contributed by atoms with Crippen LogP contribution in [0.2, 0.25) is 0 Å². The Labute approximate surface area is 112 Å². The fraction of sp³-hybridized carbons (Fsp3) is 0.467. The van der Waals surface area contributed by atoms with Crippen molar-refractivity contribution in [3.8, 4) is 11.8 Å². The van der Waals surface area contributed by atoms with E-state index in [4.69, 9.17) is 0 Å². The third-order valence-corrected chi connectivity index (χ3v) is 3.29. The minimum Gasteiger partial charge on any atom is -0.465 e. The Morgan fingerprint density at radius 2 is 2.11 bits per heavy atom. The number of carbonyl (C=O) groups excluding carboxylic acids is 1. The highest BCUT2D eigenvalue weighted by Crippen LogP contribution is 2.27. The zero-order chi connectivity index (χ0) is 13.7. The molecule has 0 aromatic carbocycles. The summed E-state index contributed by atoms with van der Waals surface area (Å²) < 4.78 is 4.59.